The summed E-state index contributed by atoms with van der Waals surface area (Å²) in [6.07, 6.45) is 1.37. The van der Waals surface area contributed by atoms with Gasteiger partial charge in [0, 0.05) is 19.6 Å². The highest BCUT2D eigenvalue weighted by atomic mass is 35.5. The largest absolute Gasteiger partial charge is 0.384 e. The molecule has 0 fully saturated rings. The number of rotatable bonds is 10. The summed E-state index contributed by atoms with van der Waals surface area (Å²) < 4.78 is 26.8. The number of halogens is 1. The molecular weight excluding hydrogens is 376 g/mol. The molecule has 1 atom stereocenters. The minimum atomic E-state index is -3.60. The average Bonchev–Trinajstić information content (AvgIpc) is 2.57. The fourth-order valence-corrected chi connectivity index (χ4v) is 4.00. The first-order valence-electron chi connectivity index (χ1n) is 8.76. The van der Waals surface area contributed by atoms with Gasteiger partial charge >= 0.3 is 0 Å². The second-order valence-electron chi connectivity index (χ2n) is 5.71. The Kier molecular flexibility index (Phi) is 10.8. The molecule has 1 unspecified atom stereocenters. The summed E-state index contributed by atoms with van der Waals surface area (Å²) in [5.74, 6) is -0.321. The van der Waals surface area contributed by atoms with Crippen molar-refractivity contribution in [2.75, 3.05) is 30.3 Å². The summed E-state index contributed by atoms with van der Waals surface area (Å²) in [6, 6.07) is 4.08. The van der Waals surface area contributed by atoms with Crippen LogP contribution >= 0.6 is 12.4 Å². The zero-order chi connectivity index (χ0) is 19.0. The molecule has 0 aliphatic heterocycles. The molecule has 1 rings (SSSR count). The van der Waals surface area contributed by atoms with Crippen LogP contribution in [0.2, 0.25) is 0 Å². The minimum absolute atomic E-state index is 0. The maximum Gasteiger partial charge on any atom is 0.243 e. The van der Waals surface area contributed by atoms with Crippen molar-refractivity contribution >= 4 is 39.7 Å². The van der Waals surface area contributed by atoms with Crippen molar-refractivity contribution in [1.82, 2.24) is 4.31 Å². The van der Waals surface area contributed by atoms with Crippen LogP contribution in [0.25, 0.3) is 0 Å². The summed E-state index contributed by atoms with van der Waals surface area (Å²) in [4.78, 5) is 12.4. The van der Waals surface area contributed by atoms with Crippen LogP contribution in [0.1, 0.15) is 40.5 Å². The van der Waals surface area contributed by atoms with Gasteiger partial charge in [-0.1, -0.05) is 27.2 Å². The normalized spacial score (nSPS) is 12.4. The summed E-state index contributed by atoms with van der Waals surface area (Å²) in [6.45, 7) is 8.88. The third-order valence-electron chi connectivity index (χ3n) is 3.90. The smallest absolute Gasteiger partial charge is 0.243 e. The van der Waals surface area contributed by atoms with Gasteiger partial charge < -0.3 is 16.4 Å². The molecule has 0 saturated heterocycles. The molecule has 4 N–H and O–H groups in total. The van der Waals surface area contributed by atoms with Gasteiger partial charge in [0.1, 0.15) is 0 Å². The van der Waals surface area contributed by atoms with Crippen molar-refractivity contribution in [3.8, 4) is 0 Å². The molecule has 0 bridgehead atoms. The van der Waals surface area contributed by atoms with Crippen molar-refractivity contribution in [1.29, 1.82) is 0 Å². The fourth-order valence-electron chi connectivity index (χ4n) is 2.51. The summed E-state index contributed by atoms with van der Waals surface area (Å²) in [5, 5.41) is 5.88. The van der Waals surface area contributed by atoms with E-state index in [1.807, 2.05) is 13.8 Å². The second kappa shape index (κ2) is 11.4. The number of anilines is 2. The van der Waals surface area contributed by atoms with Crippen LogP contribution in [0, 0.1) is 0 Å². The molecule has 1 aromatic rings. The number of carbonyl (C=O) groups is 1. The molecule has 0 radical (unpaired) electrons. The monoisotopic (exact) mass is 406 g/mol. The average molecular weight is 407 g/mol. The molecule has 0 heterocycles. The quantitative estimate of drug-likeness (QED) is 0.554. The Morgan fingerprint density at radius 2 is 1.77 bits per heavy atom. The molecule has 26 heavy (non-hydrogen) atoms. The van der Waals surface area contributed by atoms with Gasteiger partial charge in [0.25, 0.3) is 0 Å². The van der Waals surface area contributed by atoms with Crippen molar-refractivity contribution in [3.63, 3.8) is 0 Å². The summed E-state index contributed by atoms with van der Waals surface area (Å²) in [7, 11) is -3.60. The Labute approximate surface area is 163 Å². The van der Waals surface area contributed by atoms with Crippen LogP contribution in [-0.4, -0.2) is 44.3 Å². The number of carbonyl (C=O) groups excluding carboxylic acids is 1. The van der Waals surface area contributed by atoms with E-state index >= 15 is 0 Å². The molecule has 0 spiro atoms. The van der Waals surface area contributed by atoms with Crippen molar-refractivity contribution in [2.24, 2.45) is 5.73 Å². The highest BCUT2D eigenvalue weighted by Gasteiger charge is 2.23. The fraction of sp³-hybridized carbons (Fsp3) is 0.588. The van der Waals surface area contributed by atoms with Crippen LogP contribution in [0.15, 0.2) is 23.1 Å². The lowest BCUT2D eigenvalue weighted by molar-refractivity contribution is -0.117. The lowest BCUT2D eigenvalue weighted by Crippen LogP contribution is -2.35. The van der Waals surface area contributed by atoms with Gasteiger partial charge in [0.05, 0.1) is 22.3 Å². The first-order valence-corrected chi connectivity index (χ1v) is 10.2. The number of benzene rings is 1. The van der Waals surface area contributed by atoms with Gasteiger partial charge in [-0.05, 0) is 31.5 Å². The molecule has 0 aliphatic carbocycles. The van der Waals surface area contributed by atoms with Gasteiger partial charge in [-0.25, -0.2) is 8.42 Å². The summed E-state index contributed by atoms with van der Waals surface area (Å²) >= 11 is 0. The Bertz CT molecular complexity index is 679. The van der Waals surface area contributed by atoms with Gasteiger partial charge in [0.2, 0.25) is 15.9 Å². The third-order valence-corrected chi connectivity index (χ3v) is 5.94. The molecule has 9 heteroatoms. The standard InChI is InChI=1S/C17H30N4O3S.ClH/c1-5-9-14(18)17(22)20-16-12-13(10-11-15(16)19-6-2)25(23,24)21(7-3)8-4;/h10-12,14,19H,5-9,18H2,1-4H3,(H,20,22);1H. The van der Waals surface area contributed by atoms with Crippen LogP contribution in [0.4, 0.5) is 11.4 Å². The van der Waals surface area contributed by atoms with E-state index < -0.39 is 16.1 Å². The van der Waals surface area contributed by atoms with Crippen LogP contribution in [0.3, 0.4) is 0 Å². The number of amides is 1. The number of nitrogens with two attached hydrogens (primary N) is 1. The van der Waals surface area contributed by atoms with Crippen LogP contribution in [0.5, 0.6) is 0 Å². The molecule has 1 aromatic carbocycles. The van der Waals surface area contributed by atoms with Gasteiger partial charge in [-0.2, -0.15) is 4.31 Å². The third kappa shape index (κ3) is 6.12. The molecular formula is C17H31ClN4O3S. The van der Waals surface area contributed by atoms with E-state index in [2.05, 4.69) is 10.6 Å². The lowest BCUT2D eigenvalue weighted by Gasteiger charge is -2.20. The molecule has 0 aromatic heterocycles. The van der Waals surface area contributed by atoms with E-state index in [1.54, 1.807) is 26.0 Å². The van der Waals surface area contributed by atoms with E-state index in [1.165, 1.54) is 10.4 Å². The van der Waals surface area contributed by atoms with E-state index in [4.69, 9.17) is 5.73 Å². The van der Waals surface area contributed by atoms with Crippen molar-refractivity contribution < 1.29 is 13.2 Å². The zero-order valence-electron chi connectivity index (χ0n) is 15.9. The van der Waals surface area contributed by atoms with Crippen LogP contribution < -0.4 is 16.4 Å². The van der Waals surface area contributed by atoms with E-state index in [0.29, 0.717) is 37.4 Å². The van der Waals surface area contributed by atoms with E-state index in [-0.39, 0.29) is 23.2 Å². The number of hydrogen-bond donors (Lipinski definition) is 3. The Morgan fingerprint density at radius 3 is 2.27 bits per heavy atom. The molecule has 1 amide bonds. The molecule has 7 nitrogen and oxygen atoms in total. The topological polar surface area (TPSA) is 105 Å². The highest BCUT2D eigenvalue weighted by molar-refractivity contribution is 7.89. The van der Waals surface area contributed by atoms with Gasteiger partial charge in [-0.15, -0.1) is 12.4 Å². The number of sulfonamides is 1. The van der Waals surface area contributed by atoms with Gasteiger partial charge in [-0.3, -0.25) is 4.79 Å². The highest BCUT2D eigenvalue weighted by Crippen LogP contribution is 2.27. The zero-order valence-corrected chi connectivity index (χ0v) is 17.5. The molecule has 150 valence electrons. The van der Waals surface area contributed by atoms with Crippen molar-refractivity contribution in [2.45, 2.75) is 51.5 Å². The predicted molar refractivity (Wildman–Crippen MR) is 109 cm³/mol. The molecule has 0 saturated carbocycles. The minimum Gasteiger partial charge on any atom is -0.384 e. The van der Waals surface area contributed by atoms with Gasteiger partial charge in [0.15, 0.2) is 0 Å². The first-order chi connectivity index (χ1) is 11.8. The van der Waals surface area contributed by atoms with E-state index in [9.17, 15) is 13.2 Å². The number of hydrogen-bond acceptors (Lipinski definition) is 5. The van der Waals surface area contributed by atoms with Crippen LogP contribution in [-0.2, 0) is 14.8 Å². The maximum absolute atomic E-state index is 12.7. The van der Waals surface area contributed by atoms with Crippen molar-refractivity contribution in [3.05, 3.63) is 18.2 Å². The summed E-state index contributed by atoms with van der Waals surface area (Å²) in [5.41, 5.74) is 6.94. The number of nitrogens with one attached hydrogen (secondary N) is 2. The van der Waals surface area contributed by atoms with E-state index in [0.717, 1.165) is 6.42 Å². The molecule has 0 aliphatic rings. The Morgan fingerprint density at radius 1 is 1.15 bits per heavy atom. The second-order valence-corrected chi connectivity index (χ2v) is 7.65. The Hall–Kier alpha value is -1.35. The Balaban J connectivity index is 0.00000625. The first kappa shape index (κ1) is 24.7. The SMILES string of the molecule is CCCC(N)C(=O)Nc1cc(S(=O)(=O)N(CC)CC)ccc1NCC.Cl. The number of nitrogens with zero attached hydrogens (tertiary/aromatic N) is 1. The predicted octanol–water partition coefficient (Wildman–Crippen LogP) is 2.64. The lowest BCUT2D eigenvalue weighted by atomic mass is 10.1. The maximum atomic E-state index is 12.7.